The molecule has 3 aromatic rings. The number of methoxy groups -OCH3 is 1. The minimum atomic E-state index is -0.500. The van der Waals surface area contributed by atoms with E-state index >= 15 is 0 Å². The predicted octanol–water partition coefficient (Wildman–Crippen LogP) is 4.96. The van der Waals surface area contributed by atoms with Gasteiger partial charge in [-0.1, -0.05) is 25.4 Å². The summed E-state index contributed by atoms with van der Waals surface area (Å²) < 4.78 is 13.8. The molecule has 0 saturated heterocycles. The number of carbonyl (C=O) groups excluding carboxylic acids is 2. The Morgan fingerprint density at radius 1 is 1.19 bits per heavy atom. The molecule has 0 unspecified atom stereocenters. The molecule has 2 heterocycles. The van der Waals surface area contributed by atoms with Crippen molar-refractivity contribution >= 4 is 29.0 Å². The molecule has 0 radical (unpaired) electrons. The highest BCUT2D eigenvalue weighted by Gasteiger charge is 2.26. The Balaban J connectivity index is 1.71. The number of hydrogen-bond acceptors (Lipinski definition) is 6. The van der Waals surface area contributed by atoms with Gasteiger partial charge in [0, 0.05) is 37.2 Å². The van der Waals surface area contributed by atoms with E-state index in [0.29, 0.717) is 46.6 Å². The highest BCUT2D eigenvalue weighted by molar-refractivity contribution is 6.31. The third-order valence-corrected chi connectivity index (χ3v) is 6.43. The fraction of sp³-hybridized carbons (Fsp3) is 0.407. The molecule has 0 atom stereocenters. The Labute approximate surface area is 221 Å². The zero-order chi connectivity index (χ0) is 27.3. The van der Waals surface area contributed by atoms with Crippen molar-refractivity contribution < 1.29 is 19.1 Å². The minimum Gasteiger partial charge on any atom is -0.497 e. The van der Waals surface area contributed by atoms with E-state index in [-0.39, 0.29) is 30.2 Å². The van der Waals surface area contributed by atoms with E-state index in [2.05, 4.69) is 10.3 Å². The number of halogens is 1. The summed E-state index contributed by atoms with van der Waals surface area (Å²) in [7, 11) is 3.25. The van der Waals surface area contributed by atoms with E-state index in [4.69, 9.17) is 21.1 Å². The van der Waals surface area contributed by atoms with E-state index in [0.717, 1.165) is 0 Å². The number of benzene rings is 1. The highest BCUT2D eigenvalue weighted by atomic mass is 35.5. The molecule has 1 N–H and O–H groups in total. The quantitative estimate of drug-likeness (QED) is 0.353. The Kier molecular flexibility index (Phi) is 8.81. The van der Waals surface area contributed by atoms with Gasteiger partial charge in [0.1, 0.15) is 17.2 Å². The Hall–Kier alpha value is -3.59. The fourth-order valence-electron chi connectivity index (χ4n) is 4.05. The van der Waals surface area contributed by atoms with Gasteiger partial charge in [0.2, 0.25) is 5.91 Å². The highest BCUT2D eigenvalue weighted by Crippen LogP contribution is 2.31. The third kappa shape index (κ3) is 6.60. The zero-order valence-corrected chi connectivity index (χ0v) is 22.8. The standard InChI is InChI=1S/C27H33ClN4O5/c1-7-37-22-9-8-18(28)14-20(22)21(33)10-12-27(3,4)16-24(34)30-25-17(2)31(5)32(26(25)35)23-15-19(36-6)11-13-29-23/h8-9,11,13-15H,7,10,12,16H2,1-6H3,(H,30,34). The number of hydrogen-bond donors (Lipinski definition) is 1. The first-order chi connectivity index (χ1) is 17.5. The maximum Gasteiger partial charge on any atom is 0.296 e. The lowest BCUT2D eigenvalue weighted by molar-refractivity contribution is -0.118. The molecule has 0 fully saturated rings. The SMILES string of the molecule is CCOc1ccc(Cl)cc1C(=O)CCC(C)(C)CC(=O)Nc1c(C)n(C)n(-c2cc(OC)ccn2)c1=O. The predicted molar refractivity (Wildman–Crippen MR) is 143 cm³/mol. The number of nitrogens with zero attached hydrogens (tertiary/aromatic N) is 3. The van der Waals surface area contributed by atoms with Crippen LogP contribution in [-0.4, -0.2) is 39.8 Å². The summed E-state index contributed by atoms with van der Waals surface area (Å²) in [6.45, 7) is 7.86. The molecule has 198 valence electrons. The van der Waals surface area contributed by atoms with Crippen LogP contribution in [0.3, 0.4) is 0 Å². The first-order valence-electron chi connectivity index (χ1n) is 12.0. The fourth-order valence-corrected chi connectivity index (χ4v) is 4.22. The van der Waals surface area contributed by atoms with E-state index in [1.54, 1.807) is 55.2 Å². The molecule has 0 bridgehead atoms. The number of pyridine rings is 1. The minimum absolute atomic E-state index is 0.105. The van der Waals surface area contributed by atoms with Crippen LogP contribution in [0, 0.1) is 12.3 Å². The number of anilines is 1. The van der Waals surface area contributed by atoms with Gasteiger partial charge in [0.05, 0.1) is 25.0 Å². The lowest BCUT2D eigenvalue weighted by Crippen LogP contribution is -2.26. The molecular formula is C27H33ClN4O5. The molecule has 1 amide bonds. The van der Waals surface area contributed by atoms with E-state index in [9.17, 15) is 14.4 Å². The van der Waals surface area contributed by atoms with Crippen molar-refractivity contribution in [3.05, 3.63) is 63.2 Å². The lowest BCUT2D eigenvalue weighted by Gasteiger charge is -2.23. The van der Waals surface area contributed by atoms with Gasteiger partial charge >= 0.3 is 0 Å². The summed E-state index contributed by atoms with van der Waals surface area (Å²) in [6.07, 6.45) is 2.35. The van der Waals surface area contributed by atoms with Crippen molar-refractivity contribution in [2.45, 2.75) is 47.0 Å². The van der Waals surface area contributed by atoms with Crippen LogP contribution in [0.5, 0.6) is 11.5 Å². The molecule has 2 aromatic heterocycles. The van der Waals surface area contributed by atoms with Gasteiger partial charge in [0.15, 0.2) is 11.6 Å². The van der Waals surface area contributed by atoms with Crippen LogP contribution in [-0.2, 0) is 11.8 Å². The normalized spacial score (nSPS) is 11.3. The molecule has 0 aliphatic rings. The van der Waals surface area contributed by atoms with Crippen LogP contribution in [0.25, 0.3) is 5.82 Å². The van der Waals surface area contributed by atoms with Gasteiger partial charge in [-0.3, -0.25) is 19.1 Å². The van der Waals surface area contributed by atoms with Crippen molar-refractivity contribution in [3.8, 4) is 17.3 Å². The topological polar surface area (TPSA) is 104 Å². The maximum absolute atomic E-state index is 13.2. The first-order valence-corrected chi connectivity index (χ1v) is 12.4. The second-order valence-electron chi connectivity index (χ2n) is 9.54. The lowest BCUT2D eigenvalue weighted by atomic mass is 9.82. The largest absolute Gasteiger partial charge is 0.497 e. The average Bonchev–Trinajstić information content (AvgIpc) is 3.06. The Morgan fingerprint density at radius 3 is 2.59 bits per heavy atom. The van der Waals surface area contributed by atoms with Gasteiger partial charge in [0.25, 0.3) is 5.56 Å². The summed E-state index contributed by atoms with van der Waals surface area (Å²) in [4.78, 5) is 43.3. The number of ketones is 1. The number of rotatable bonds is 11. The molecule has 0 aliphatic heterocycles. The molecule has 37 heavy (non-hydrogen) atoms. The summed E-state index contributed by atoms with van der Waals surface area (Å²) >= 11 is 6.09. The number of amides is 1. The third-order valence-electron chi connectivity index (χ3n) is 6.20. The smallest absolute Gasteiger partial charge is 0.296 e. The molecule has 0 aliphatic carbocycles. The number of ether oxygens (including phenoxy) is 2. The molecule has 1 aromatic carbocycles. The molecule has 9 nitrogen and oxygen atoms in total. The molecule has 0 spiro atoms. The second-order valence-corrected chi connectivity index (χ2v) is 9.98. The van der Waals surface area contributed by atoms with E-state index in [1.807, 2.05) is 20.8 Å². The van der Waals surface area contributed by atoms with Gasteiger partial charge < -0.3 is 14.8 Å². The van der Waals surface area contributed by atoms with Crippen LogP contribution >= 0.6 is 11.6 Å². The van der Waals surface area contributed by atoms with Gasteiger partial charge in [-0.05, 0) is 49.9 Å². The van der Waals surface area contributed by atoms with Gasteiger partial charge in [-0.2, -0.15) is 4.68 Å². The van der Waals surface area contributed by atoms with Crippen LogP contribution in [0.1, 0.15) is 56.1 Å². The van der Waals surface area contributed by atoms with Crippen molar-refractivity contribution in [1.29, 1.82) is 0 Å². The van der Waals surface area contributed by atoms with E-state index in [1.165, 1.54) is 11.8 Å². The van der Waals surface area contributed by atoms with Crippen LogP contribution in [0.15, 0.2) is 41.3 Å². The summed E-state index contributed by atoms with van der Waals surface area (Å²) in [6, 6.07) is 8.30. The van der Waals surface area contributed by atoms with E-state index < -0.39 is 11.0 Å². The second kappa shape index (κ2) is 11.6. The Bertz CT molecular complexity index is 1360. The summed E-state index contributed by atoms with van der Waals surface area (Å²) in [5.74, 6) is 1.01. The maximum atomic E-state index is 13.2. The molecule has 0 saturated carbocycles. The summed E-state index contributed by atoms with van der Waals surface area (Å²) in [5, 5.41) is 3.23. The first kappa shape index (κ1) is 28.0. The number of Topliss-reactive ketones (excluding diaryl/α,β-unsaturated/α-hetero) is 1. The number of carbonyl (C=O) groups is 2. The number of aromatic nitrogens is 3. The monoisotopic (exact) mass is 528 g/mol. The molecule has 10 heteroatoms. The average molecular weight is 529 g/mol. The summed E-state index contributed by atoms with van der Waals surface area (Å²) in [5.41, 5.74) is 0.303. The molecule has 3 rings (SSSR count). The van der Waals surface area contributed by atoms with Crippen molar-refractivity contribution in [2.75, 3.05) is 19.0 Å². The van der Waals surface area contributed by atoms with Crippen molar-refractivity contribution in [1.82, 2.24) is 14.3 Å². The van der Waals surface area contributed by atoms with Crippen LogP contribution < -0.4 is 20.3 Å². The van der Waals surface area contributed by atoms with Crippen LogP contribution in [0.4, 0.5) is 5.69 Å². The van der Waals surface area contributed by atoms with Crippen LogP contribution in [0.2, 0.25) is 5.02 Å². The van der Waals surface area contributed by atoms with Crippen molar-refractivity contribution in [2.24, 2.45) is 12.5 Å². The Morgan fingerprint density at radius 2 is 1.92 bits per heavy atom. The zero-order valence-electron chi connectivity index (χ0n) is 22.1. The number of nitrogens with one attached hydrogen (secondary N) is 1. The van der Waals surface area contributed by atoms with Gasteiger partial charge in [-0.15, -0.1) is 0 Å². The van der Waals surface area contributed by atoms with Gasteiger partial charge in [-0.25, -0.2) is 4.98 Å². The molecular weight excluding hydrogens is 496 g/mol. The van der Waals surface area contributed by atoms with Crippen molar-refractivity contribution in [3.63, 3.8) is 0 Å².